The first-order valence-electron chi connectivity index (χ1n) is 9.46. The molecule has 0 unspecified atom stereocenters. The largest absolute Gasteiger partial charge is 0.484 e. The molecule has 2 amide bonds. The molecule has 1 aliphatic rings. The molecule has 0 spiro atoms. The van der Waals surface area contributed by atoms with Crippen LogP contribution in [0.4, 0.5) is 0 Å². The number of nitrogens with zero attached hydrogens (tertiary/aromatic N) is 2. The number of hydrogen-bond donors (Lipinski definition) is 0. The predicted octanol–water partition coefficient (Wildman–Crippen LogP) is 2.43. The van der Waals surface area contributed by atoms with Crippen molar-refractivity contribution in [3.63, 3.8) is 0 Å². The van der Waals surface area contributed by atoms with E-state index in [-0.39, 0.29) is 25.0 Å². The number of rotatable bonds is 6. The molecule has 0 bridgehead atoms. The summed E-state index contributed by atoms with van der Waals surface area (Å²) in [5.41, 5.74) is 2.18. The summed E-state index contributed by atoms with van der Waals surface area (Å²) in [5.74, 6) is 1.27. The number of para-hydroxylation sites is 1. The van der Waals surface area contributed by atoms with E-state index in [2.05, 4.69) is 0 Å². The van der Waals surface area contributed by atoms with E-state index < -0.39 is 0 Å². The lowest BCUT2D eigenvalue weighted by atomic mass is 10.1. The molecule has 0 N–H and O–H groups in total. The minimum atomic E-state index is -0.0671. The molecule has 6 nitrogen and oxygen atoms in total. The first-order valence-corrected chi connectivity index (χ1v) is 9.46. The van der Waals surface area contributed by atoms with E-state index in [9.17, 15) is 9.59 Å². The Balaban J connectivity index is 1.41. The molecule has 2 aromatic rings. The van der Waals surface area contributed by atoms with Gasteiger partial charge < -0.3 is 19.3 Å². The van der Waals surface area contributed by atoms with Gasteiger partial charge in [0.1, 0.15) is 11.5 Å². The molecule has 0 atom stereocenters. The third-order valence-corrected chi connectivity index (χ3v) is 4.77. The van der Waals surface area contributed by atoms with Crippen LogP contribution in [0.3, 0.4) is 0 Å². The van der Waals surface area contributed by atoms with E-state index in [4.69, 9.17) is 9.47 Å². The van der Waals surface area contributed by atoms with Gasteiger partial charge >= 0.3 is 0 Å². The van der Waals surface area contributed by atoms with Gasteiger partial charge in [-0.3, -0.25) is 9.59 Å². The zero-order valence-corrected chi connectivity index (χ0v) is 16.4. The van der Waals surface area contributed by atoms with Crippen LogP contribution in [0.15, 0.2) is 48.5 Å². The molecule has 28 heavy (non-hydrogen) atoms. The van der Waals surface area contributed by atoms with Crippen LogP contribution in [0, 0.1) is 13.8 Å². The van der Waals surface area contributed by atoms with Crippen LogP contribution < -0.4 is 9.47 Å². The lowest BCUT2D eigenvalue weighted by molar-refractivity contribution is -0.141. The highest BCUT2D eigenvalue weighted by Gasteiger charge is 2.24. The Labute approximate surface area is 165 Å². The number of benzene rings is 2. The molecule has 148 valence electrons. The van der Waals surface area contributed by atoms with Crippen LogP contribution >= 0.6 is 0 Å². The van der Waals surface area contributed by atoms with Crippen LogP contribution in [0.2, 0.25) is 0 Å². The topological polar surface area (TPSA) is 59.1 Å². The van der Waals surface area contributed by atoms with Gasteiger partial charge in [0.05, 0.1) is 0 Å². The van der Waals surface area contributed by atoms with Gasteiger partial charge in [-0.25, -0.2) is 0 Å². The summed E-state index contributed by atoms with van der Waals surface area (Å²) in [4.78, 5) is 28.2. The number of aryl methyl sites for hydroxylation is 2. The molecular formula is C22H26N2O4. The van der Waals surface area contributed by atoms with Gasteiger partial charge in [-0.1, -0.05) is 35.9 Å². The number of piperazine rings is 1. The van der Waals surface area contributed by atoms with E-state index >= 15 is 0 Å². The standard InChI is InChI=1S/C22H26N2O4/c1-17-8-9-20(18(2)14-17)28-16-22(26)24-12-10-23(11-13-24)21(25)15-27-19-6-4-3-5-7-19/h3-9,14H,10-13,15-16H2,1-2H3. The third-order valence-electron chi connectivity index (χ3n) is 4.77. The molecule has 0 aliphatic carbocycles. The van der Waals surface area contributed by atoms with Crippen molar-refractivity contribution in [1.82, 2.24) is 9.80 Å². The third kappa shape index (κ3) is 5.25. The van der Waals surface area contributed by atoms with Gasteiger partial charge in [0.15, 0.2) is 13.2 Å². The lowest BCUT2D eigenvalue weighted by Gasteiger charge is -2.34. The Hall–Kier alpha value is -3.02. The Bertz CT molecular complexity index is 815. The number of carbonyl (C=O) groups excluding carboxylic acids is 2. The summed E-state index contributed by atoms with van der Waals surface area (Å²) in [6.07, 6.45) is 0. The second-order valence-electron chi connectivity index (χ2n) is 6.92. The molecular weight excluding hydrogens is 356 g/mol. The summed E-state index contributed by atoms with van der Waals surface area (Å²) in [5, 5.41) is 0. The minimum absolute atomic E-state index is 0.00771. The molecule has 1 heterocycles. The second-order valence-corrected chi connectivity index (χ2v) is 6.92. The first-order chi connectivity index (χ1) is 13.5. The molecule has 3 rings (SSSR count). The zero-order chi connectivity index (χ0) is 19.9. The average molecular weight is 382 g/mol. The lowest BCUT2D eigenvalue weighted by Crippen LogP contribution is -2.52. The Morgan fingerprint density at radius 3 is 1.96 bits per heavy atom. The molecule has 0 saturated carbocycles. The van der Waals surface area contributed by atoms with Crippen LogP contribution in [0.25, 0.3) is 0 Å². The highest BCUT2D eigenvalue weighted by Crippen LogP contribution is 2.18. The predicted molar refractivity (Wildman–Crippen MR) is 107 cm³/mol. The van der Waals surface area contributed by atoms with E-state index in [1.807, 2.05) is 62.4 Å². The fraction of sp³-hybridized carbons (Fsp3) is 0.364. The molecule has 0 radical (unpaired) electrons. The molecule has 6 heteroatoms. The van der Waals surface area contributed by atoms with Crippen molar-refractivity contribution in [3.05, 3.63) is 59.7 Å². The van der Waals surface area contributed by atoms with Crippen LogP contribution in [0.5, 0.6) is 11.5 Å². The first kappa shape index (κ1) is 19.7. The monoisotopic (exact) mass is 382 g/mol. The van der Waals surface area contributed by atoms with Crippen LogP contribution in [0.1, 0.15) is 11.1 Å². The van der Waals surface area contributed by atoms with Crippen molar-refractivity contribution in [2.75, 3.05) is 39.4 Å². The van der Waals surface area contributed by atoms with Gasteiger partial charge in [0.25, 0.3) is 11.8 Å². The fourth-order valence-electron chi connectivity index (χ4n) is 3.15. The fourth-order valence-corrected chi connectivity index (χ4v) is 3.15. The maximum absolute atomic E-state index is 12.4. The number of ether oxygens (including phenoxy) is 2. The number of hydrogen-bond acceptors (Lipinski definition) is 4. The highest BCUT2D eigenvalue weighted by molar-refractivity contribution is 5.80. The normalized spacial score (nSPS) is 13.9. The van der Waals surface area contributed by atoms with E-state index in [0.29, 0.717) is 31.9 Å². The van der Waals surface area contributed by atoms with Crippen molar-refractivity contribution in [2.45, 2.75) is 13.8 Å². The molecule has 1 fully saturated rings. The van der Waals surface area contributed by atoms with Crippen molar-refractivity contribution < 1.29 is 19.1 Å². The van der Waals surface area contributed by atoms with Crippen molar-refractivity contribution in [2.24, 2.45) is 0 Å². The van der Waals surface area contributed by atoms with Crippen molar-refractivity contribution >= 4 is 11.8 Å². The van der Waals surface area contributed by atoms with Gasteiger partial charge in [0, 0.05) is 26.2 Å². The summed E-state index contributed by atoms with van der Waals surface area (Å²) in [6, 6.07) is 15.2. The summed E-state index contributed by atoms with van der Waals surface area (Å²) >= 11 is 0. The quantitative estimate of drug-likeness (QED) is 0.770. The van der Waals surface area contributed by atoms with Crippen LogP contribution in [-0.2, 0) is 9.59 Å². The molecule has 1 aliphatic heterocycles. The minimum Gasteiger partial charge on any atom is -0.484 e. The maximum atomic E-state index is 12.4. The number of amides is 2. The van der Waals surface area contributed by atoms with Crippen molar-refractivity contribution in [1.29, 1.82) is 0 Å². The van der Waals surface area contributed by atoms with E-state index in [0.717, 1.165) is 16.9 Å². The maximum Gasteiger partial charge on any atom is 0.260 e. The summed E-state index contributed by atoms with van der Waals surface area (Å²) in [6.45, 7) is 6.03. The van der Waals surface area contributed by atoms with Crippen molar-refractivity contribution in [3.8, 4) is 11.5 Å². The Morgan fingerprint density at radius 2 is 1.39 bits per heavy atom. The van der Waals surface area contributed by atoms with E-state index in [1.165, 1.54) is 0 Å². The SMILES string of the molecule is Cc1ccc(OCC(=O)N2CCN(C(=O)COc3ccccc3)CC2)c(C)c1. The highest BCUT2D eigenvalue weighted by atomic mass is 16.5. The molecule has 2 aromatic carbocycles. The summed E-state index contributed by atoms with van der Waals surface area (Å²) < 4.78 is 11.2. The smallest absolute Gasteiger partial charge is 0.260 e. The zero-order valence-electron chi connectivity index (χ0n) is 16.4. The van der Waals surface area contributed by atoms with Gasteiger partial charge in [-0.05, 0) is 37.6 Å². The van der Waals surface area contributed by atoms with Gasteiger partial charge in [-0.2, -0.15) is 0 Å². The number of carbonyl (C=O) groups is 2. The second kappa shape index (κ2) is 9.26. The Kier molecular flexibility index (Phi) is 6.53. The van der Waals surface area contributed by atoms with Gasteiger partial charge in [-0.15, -0.1) is 0 Å². The molecule has 0 aromatic heterocycles. The Morgan fingerprint density at radius 1 is 0.821 bits per heavy atom. The molecule has 1 saturated heterocycles. The van der Waals surface area contributed by atoms with E-state index in [1.54, 1.807) is 9.80 Å². The van der Waals surface area contributed by atoms with Crippen LogP contribution in [-0.4, -0.2) is 61.0 Å². The summed E-state index contributed by atoms with van der Waals surface area (Å²) in [7, 11) is 0. The van der Waals surface area contributed by atoms with Gasteiger partial charge in [0.2, 0.25) is 0 Å². The average Bonchev–Trinajstić information content (AvgIpc) is 2.72.